The van der Waals surface area contributed by atoms with Crippen LogP contribution in [0.3, 0.4) is 0 Å². The van der Waals surface area contributed by atoms with Crippen molar-refractivity contribution in [1.82, 2.24) is 9.88 Å². The van der Waals surface area contributed by atoms with Gasteiger partial charge in [-0.15, -0.1) is 0 Å². The predicted molar refractivity (Wildman–Crippen MR) is 93.4 cm³/mol. The Balaban J connectivity index is 1.73. The molecular weight excluding hydrogens is 306 g/mol. The van der Waals surface area contributed by atoms with Gasteiger partial charge in [-0.05, 0) is 44.9 Å². The molecule has 0 spiro atoms. The molecule has 1 unspecified atom stereocenters. The number of aromatic nitrogens is 1. The van der Waals surface area contributed by atoms with Gasteiger partial charge in [-0.1, -0.05) is 6.58 Å². The number of anilines is 1. The molecule has 0 radical (unpaired) electrons. The van der Waals surface area contributed by atoms with Crippen LogP contribution in [-0.2, 0) is 4.74 Å². The summed E-state index contributed by atoms with van der Waals surface area (Å²) in [6.07, 6.45) is 1.56. The zero-order chi connectivity index (χ0) is 17.5. The molecule has 0 N–H and O–H groups in total. The zero-order valence-corrected chi connectivity index (χ0v) is 14.8. The Bertz CT molecular complexity index is 666. The maximum absolute atomic E-state index is 12.3. The fourth-order valence-corrected chi connectivity index (χ4v) is 2.95. The first-order valence-corrected chi connectivity index (χ1v) is 8.28. The number of carbonyl (C=O) groups is 1. The van der Waals surface area contributed by atoms with Gasteiger partial charge in [-0.25, -0.2) is 9.78 Å². The second-order valence-corrected chi connectivity index (χ2v) is 7.41. The molecule has 0 aliphatic carbocycles. The number of hydrogen-bond acceptors (Lipinski definition) is 5. The van der Waals surface area contributed by atoms with E-state index in [1.165, 1.54) is 0 Å². The molecule has 3 heterocycles. The maximum atomic E-state index is 12.3. The Morgan fingerprint density at radius 2 is 2.17 bits per heavy atom. The van der Waals surface area contributed by atoms with Crippen molar-refractivity contribution in [2.24, 2.45) is 0 Å². The first-order valence-electron chi connectivity index (χ1n) is 8.28. The van der Waals surface area contributed by atoms with E-state index in [9.17, 15) is 4.79 Å². The molecule has 6 nitrogen and oxygen atoms in total. The first-order chi connectivity index (χ1) is 11.2. The predicted octanol–water partition coefficient (Wildman–Crippen LogP) is 2.93. The SMILES string of the molecule is C=C(C)c1cnc2c(c1)OCC1CN(C(=O)OC(C)(C)C)CCN21. The molecule has 3 rings (SSSR count). The Hall–Kier alpha value is -2.24. The average molecular weight is 331 g/mol. The van der Waals surface area contributed by atoms with Crippen molar-refractivity contribution in [2.75, 3.05) is 31.1 Å². The van der Waals surface area contributed by atoms with E-state index < -0.39 is 5.60 Å². The summed E-state index contributed by atoms with van der Waals surface area (Å²) in [5, 5.41) is 0. The summed E-state index contributed by atoms with van der Waals surface area (Å²) < 4.78 is 11.4. The van der Waals surface area contributed by atoms with E-state index in [1.807, 2.05) is 40.0 Å². The van der Waals surface area contributed by atoms with Gasteiger partial charge in [0.1, 0.15) is 12.2 Å². The lowest BCUT2D eigenvalue weighted by Crippen LogP contribution is -2.59. The maximum Gasteiger partial charge on any atom is 0.410 e. The van der Waals surface area contributed by atoms with Crippen LogP contribution in [0, 0.1) is 0 Å². The van der Waals surface area contributed by atoms with Gasteiger partial charge in [0.25, 0.3) is 0 Å². The molecule has 0 saturated carbocycles. The number of hydrogen-bond donors (Lipinski definition) is 0. The number of nitrogens with zero attached hydrogens (tertiary/aromatic N) is 3. The van der Waals surface area contributed by atoms with Crippen molar-refractivity contribution in [3.05, 3.63) is 24.4 Å². The van der Waals surface area contributed by atoms with Gasteiger partial charge in [0.05, 0.1) is 6.04 Å². The minimum atomic E-state index is -0.482. The average Bonchev–Trinajstić information content (AvgIpc) is 2.51. The van der Waals surface area contributed by atoms with Crippen molar-refractivity contribution in [3.63, 3.8) is 0 Å². The summed E-state index contributed by atoms with van der Waals surface area (Å²) in [6.45, 7) is 14.0. The van der Waals surface area contributed by atoms with Crippen molar-refractivity contribution in [1.29, 1.82) is 0 Å². The Labute approximate surface area is 143 Å². The van der Waals surface area contributed by atoms with Gasteiger partial charge < -0.3 is 19.3 Å². The molecule has 0 aromatic carbocycles. The van der Waals surface area contributed by atoms with Gasteiger partial charge in [-0.2, -0.15) is 0 Å². The van der Waals surface area contributed by atoms with Crippen LogP contribution in [0.15, 0.2) is 18.8 Å². The highest BCUT2D eigenvalue weighted by Crippen LogP contribution is 2.35. The highest BCUT2D eigenvalue weighted by atomic mass is 16.6. The summed E-state index contributed by atoms with van der Waals surface area (Å²) in [7, 11) is 0. The van der Waals surface area contributed by atoms with E-state index in [-0.39, 0.29) is 12.1 Å². The second-order valence-electron chi connectivity index (χ2n) is 7.41. The molecule has 1 atom stereocenters. The molecule has 1 aromatic heterocycles. The number of piperazine rings is 1. The molecule has 1 aromatic rings. The number of allylic oxidation sites excluding steroid dienone is 1. The van der Waals surface area contributed by atoms with E-state index in [0.29, 0.717) is 19.7 Å². The van der Waals surface area contributed by atoms with E-state index in [0.717, 1.165) is 29.2 Å². The first kappa shape index (κ1) is 16.6. The van der Waals surface area contributed by atoms with E-state index >= 15 is 0 Å². The van der Waals surface area contributed by atoms with Crippen LogP contribution in [0.4, 0.5) is 10.6 Å². The van der Waals surface area contributed by atoms with Gasteiger partial charge in [-0.3, -0.25) is 0 Å². The quantitative estimate of drug-likeness (QED) is 0.792. The third-order valence-corrected chi connectivity index (χ3v) is 4.16. The van der Waals surface area contributed by atoms with E-state index in [2.05, 4.69) is 16.5 Å². The summed E-state index contributed by atoms with van der Waals surface area (Å²) in [6, 6.07) is 2.09. The monoisotopic (exact) mass is 331 g/mol. The van der Waals surface area contributed by atoms with Crippen LogP contribution in [0.2, 0.25) is 0 Å². The van der Waals surface area contributed by atoms with E-state index in [4.69, 9.17) is 9.47 Å². The lowest BCUT2D eigenvalue weighted by atomic mass is 10.1. The Kier molecular flexibility index (Phi) is 4.15. The normalized spacial score (nSPS) is 19.9. The number of fused-ring (bicyclic) bond motifs is 3. The van der Waals surface area contributed by atoms with Crippen molar-refractivity contribution in [2.45, 2.75) is 39.3 Å². The van der Waals surface area contributed by atoms with Crippen LogP contribution < -0.4 is 9.64 Å². The highest BCUT2D eigenvalue weighted by molar-refractivity contribution is 5.70. The molecule has 1 amide bonds. The van der Waals surface area contributed by atoms with Crippen LogP contribution in [0.1, 0.15) is 33.3 Å². The number of amides is 1. The van der Waals surface area contributed by atoms with Crippen LogP contribution in [-0.4, -0.2) is 53.9 Å². The van der Waals surface area contributed by atoms with Crippen LogP contribution >= 0.6 is 0 Å². The van der Waals surface area contributed by atoms with E-state index in [1.54, 1.807) is 4.90 Å². The third-order valence-electron chi connectivity index (χ3n) is 4.16. The fraction of sp³-hybridized carbons (Fsp3) is 0.556. The molecule has 1 fully saturated rings. The summed E-state index contributed by atoms with van der Waals surface area (Å²) in [4.78, 5) is 20.8. The topological polar surface area (TPSA) is 54.9 Å². The second kappa shape index (κ2) is 6.00. The van der Waals surface area contributed by atoms with Crippen LogP contribution in [0.5, 0.6) is 5.75 Å². The molecule has 2 aliphatic rings. The molecule has 0 bridgehead atoms. The lowest BCUT2D eigenvalue weighted by molar-refractivity contribution is 0.0194. The van der Waals surface area contributed by atoms with Crippen LogP contribution in [0.25, 0.3) is 5.57 Å². The van der Waals surface area contributed by atoms with Gasteiger partial charge in [0.2, 0.25) is 0 Å². The highest BCUT2D eigenvalue weighted by Gasteiger charge is 2.36. The molecule has 24 heavy (non-hydrogen) atoms. The summed E-state index contributed by atoms with van der Waals surface area (Å²) >= 11 is 0. The Morgan fingerprint density at radius 3 is 2.83 bits per heavy atom. The molecule has 1 saturated heterocycles. The smallest absolute Gasteiger partial charge is 0.410 e. The van der Waals surface area contributed by atoms with Gasteiger partial charge in [0, 0.05) is 25.8 Å². The molecule has 130 valence electrons. The Morgan fingerprint density at radius 1 is 1.42 bits per heavy atom. The molecule has 2 aliphatic heterocycles. The number of carbonyl (C=O) groups excluding carboxylic acids is 1. The molecular formula is C18H25N3O3. The van der Waals surface area contributed by atoms with Crippen molar-refractivity contribution in [3.8, 4) is 5.75 Å². The van der Waals surface area contributed by atoms with Gasteiger partial charge >= 0.3 is 6.09 Å². The summed E-state index contributed by atoms with van der Waals surface area (Å²) in [5.74, 6) is 1.64. The number of ether oxygens (including phenoxy) is 2. The minimum absolute atomic E-state index is 0.0990. The third kappa shape index (κ3) is 3.32. The summed E-state index contributed by atoms with van der Waals surface area (Å²) in [5.41, 5.74) is 1.47. The zero-order valence-electron chi connectivity index (χ0n) is 14.8. The largest absolute Gasteiger partial charge is 0.487 e. The lowest BCUT2D eigenvalue weighted by Gasteiger charge is -2.44. The fourth-order valence-electron chi connectivity index (χ4n) is 2.95. The standard InChI is InChI=1S/C18H25N3O3/c1-12(2)13-8-15-16(19-9-13)21-7-6-20(10-14(21)11-23-15)17(22)24-18(3,4)5/h8-9,14H,1,6-7,10-11H2,2-5H3. The van der Waals surface area contributed by atoms with Crippen molar-refractivity contribution >= 4 is 17.5 Å². The van der Waals surface area contributed by atoms with Gasteiger partial charge in [0.15, 0.2) is 11.6 Å². The molecule has 6 heteroatoms. The number of pyridine rings is 1. The number of rotatable bonds is 1. The minimum Gasteiger partial charge on any atom is -0.487 e. The van der Waals surface area contributed by atoms with Crippen molar-refractivity contribution < 1.29 is 14.3 Å².